The van der Waals surface area contributed by atoms with Gasteiger partial charge in [0.15, 0.2) is 0 Å². The zero-order valence-electron chi connectivity index (χ0n) is 9.67. The molecule has 0 aromatic carbocycles. The molecule has 0 bridgehead atoms. The van der Waals surface area contributed by atoms with Crippen LogP contribution in [0.15, 0.2) is 12.1 Å². The van der Waals surface area contributed by atoms with Crippen molar-refractivity contribution in [2.45, 2.75) is 19.3 Å². The number of piperidine rings is 1. The Morgan fingerprint density at radius 3 is 3.12 bits per heavy atom. The minimum Gasteiger partial charge on any atom is -0.355 e. The fraction of sp³-hybridized carbons (Fsp3) is 0.583. The summed E-state index contributed by atoms with van der Waals surface area (Å²) in [5.74, 6) is 0.385. The summed E-state index contributed by atoms with van der Waals surface area (Å²) in [6, 6.07) is 4.26. The highest BCUT2D eigenvalue weighted by molar-refractivity contribution is 14.1. The van der Waals surface area contributed by atoms with Crippen LogP contribution in [0, 0.1) is 8.80 Å². The number of carbonyl (C=O) groups is 1. The second-order valence-corrected chi connectivity index (χ2v) is 7.35. The zero-order chi connectivity index (χ0) is 12.1. The Balaban J connectivity index is 1.69. The fourth-order valence-electron chi connectivity index (χ4n) is 2.01. The second kappa shape index (κ2) is 6.70. The molecular weight excluding hydrogens is 347 g/mol. The van der Waals surface area contributed by atoms with Crippen LogP contribution in [0.3, 0.4) is 0 Å². The number of hydrogen-bond acceptors (Lipinski definition) is 3. The SMILES string of the molecule is O=C(NCCc1ccc(I)s1)C1CCCNC1. The van der Waals surface area contributed by atoms with Gasteiger partial charge in [-0.05, 0) is 60.5 Å². The largest absolute Gasteiger partial charge is 0.355 e. The third-order valence-electron chi connectivity index (χ3n) is 2.97. The number of nitrogens with one attached hydrogen (secondary N) is 2. The average Bonchev–Trinajstić information content (AvgIpc) is 2.76. The topological polar surface area (TPSA) is 41.1 Å². The van der Waals surface area contributed by atoms with Crippen LogP contribution in [0.1, 0.15) is 17.7 Å². The molecule has 1 aliphatic heterocycles. The molecule has 2 rings (SSSR count). The van der Waals surface area contributed by atoms with E-state index in [9.17, 15) is 4.79 Å². The Hall–Kier alpha value is -0.140. The van der Waals surface area contributed by atoms with Crippen molar-refractivity contribution in [2.24, 2.45) is 5.92 Å². The van der Waals surface area contributed by atoms with E-state index in [0.29, 0.717) is 0 Å². The molecule has 1 aliphatic rings. The summed E-state index contributed by atoms with van der Waals surface area (Å²) in [6.45, 7) is 2.64. The molecule has 94 valence electrons. The Morgan fingerprint density at radius 1 is 1.59 bits per heavy atom. The molecule has 1 saturated heterocycles. The van der Waals surface area contributed by atoms with Crippen molar-refractivity contribution in [1.29, 1.82) is 0 Å². The van der Waals surface area contributed by atoms with Gasteiger partial charge in [-0.15, -0.1) is 11.3 Å². The first-order chi connectivity index (χ1) is 8.25. The van der Waals surface area contributed by atoms with Crippen LogP contribution in [-0.2, 0) is 11.2 Å². The maximum absolute atomic E-state index is 11.8. The highest BCUT2D eigenvalue weighted by Crippen LogP contribution is 2.18. The molecule has 0 aliphatic carbocycles. The monoisotopic (exact) mass is 364 g/mol. The number of hydrogen-bond donors (Lipinski definition) is 2. The predicted molar refractivity (Wildman–Crippen MR) is 79.3 cm³/mol. The summed E-state index contributed by atoms with van der Waals surface area (Å²) in [5, 5.41) is 6.30. The molecular formula is C12H17IN2OS. The summed E-state index contributed by atoms with van der Waals surface area (Å²) in [4.78, 5) is 13.2. The standard InChI is InChI=1S/C12H17IN2OS/c13-11-4-3-10(17-11)5-7-15-12(16)9-2-1-6-14-8-9/h3-4,9,14H,1-2,5-8H2,(H,15,16). The van der Waals surface area contributed by atoms with Crippen LogP contribution in [0.5, 0.6) is 0 Å². The number of amides is 1. The Bertz CT molecular complexity index is 374. The van der Waals surface area contributed by atoms with Crippen LogP contribution < -0.4 is 10.6 Å². The molecule has 1 fully saturated rings. The van der Waals surface area contributed by atoms with Crippen molar-refractivity contribution < 1.29 is 4.79 Å². The first-order valence-corrected chi connectivity index (χ1v) is 7.88. The predicted octanol–water partition coefficient (Wildman–Crippen LogP) is 2.01. The van der Waals surface area contributed by atoms with Gasteiger partial charge in [0.25, 0.3) is 0 Å². The molecule has 1 atom stereocenters. The molecule has 0 radical (unpaired) electrons. The fourth-order valence-corrected chi connectivity index (χ4v) is 3.77. The van der Waals surface area contributed by atoms with E-state index in [4.69, 9.17) is 0 Å². The number of carbonyl (C=O) groups excluding carboxylic acids is 1. The van der Waals surface area contributed by atoms with Gasteiger partial charge < -0.3 is 10.6 Å². The maximum Gasteiger partial charge on any atom is 0.224 e. The van der Waals surface area contributed by atoms with Crippen LogP contribution in [-0.4, -0.2) is 25.5 Å². The molecule has 3 nitrogen and oxygen atoms in total. The van der Waals surface area contributed by atoms with Gasteiger partial charge in [-0.3, -0.25) is 4.79 Å². The quantitative estimate of drug-likeness (QED) is 0.803. The highest BCUT2D eigenvalue weighted by atomic mass is 127. The molecule has 1 aromatic rings. The van der Waals surface area contributed by atoms with Gasteiger partial charge in [0.05, 0.1) is 8.80 Å². The minimum atomic E-state index is 0.173. The minimum absolute atomic E-state index is 0.173. The van der Waals surface area contributed by atoms with E-state index < -0.39 is 0 Å². The first kappa shape index (κ1) is 13.3. The Kier molecular flexibility index (Phi) is 5.24. The smallest absolute Gasteiger partial charge is 0.224 e. The lowest BCUT2D eigenvalue weighted by Crippen LogP contribution is -2.41. The molecule has 2 N–H and O–H groups in total. The van der Waals surface area contributed by atoms with Gasteiger partial charge in [0.2, 0.25) is 5.91 Å². The van der Waals surface area contributed by atoms with E-state index in [0.717, 1.165) is 38.9 Å². The summed E-state index contributed by atoms with van der Waals surface area (Å²) in [5.41, 5.74) is 0. The summed E-state index contributed by atoms with van der Waals surface area (Å²) in [6.07, 6.45) is 3.08. The van der Waals surface area contributed by atoms with Gasteiger partial charge in [-0.2, -0.15) is 0 Å². The summed E-state index contributed by atoms with van der Waals surface area (Å²) in [7, 11) is 0. The van der Waals surface area contributed by atoms with E-state index in [1.165, 1.54) is 7.76 Å². The van der Waals surface area contributed by atoms with Crippen LogP contribution in [0.4, 0.5) is 0 Å². The average molecular weight is 364 g/mol. The van der Waals surface area contributed by atoms with Gasteiger partial charge in [0, 0.05) is 18.0 Å². The molecule has 1 aromatic heterocycles. The normalized spacial score (nSPS) is 20.2. The highest BCUT2D eigenvalue weighted by Gasteiger charge is 2.20. The third-order valence-corrected chi connectivity index (χ3v) is 4.92. The lowest BCUT2D eigenvalue weighted by atomic mass is 9.99. The lowest BCUT2D eigenvalue weighted by molar-refractivity contribution is -0.125. The van der Waals surface area contributed by atoms with Gasteiger partial charge in [-0.25, -0.2) is 0 Å². The molecule has 0 spiro atoms. The Labute approximate surface area is 120 Å². The van der Waals surface area contributed by atoms with E-state index in [1.807, 2.05) is 0 Å². The zero-order valence-corrected chi connectivity index (χ0v) is 12.6. The van der Waals surface area contributed by atoms with E-state index in [2.05, 4.69) is 45.4 Å². The number of rotatable bonds is 4. The molecule has 1 amide bonds. The van der Waals surface area contributed by atoms with Crippen molar-refractivity contribution in [1.82, 2.24) is 10.6 Å². The van der Waals surface area contributed by atoms with Crippen molar-refractivity contribution in [3.8, 4) is 0 Å². The van der Waals surface area contributed by atoms with Crippen LogP contribution >= 0.6 is 33.9 Å². The summed E-state index contributed by atoms with van der Waals surface area (Å²) < 4.78 is 1.31. The molecule has 0 saturated carbocycles. The van der Waals surface area contributed by atoms with Gasteiger partial charge >= 0.3 is 0 Å². The van der Waals surface area contributed by atoms with Crippen LogP contribution in [0.25, 0.3) is 0 Å². The van der Waals surface area contributed by atoms with E-state index >= 15 is 0 Å². The second-order valence-electron chi connectivity index (χ2n) is 4.29. The van der Waals surface area contributed by atoms with Gasteiger partial charge in [0.1, 0.15) is 0 Å². The first-order valence-electron chi connectivity index (χ1n) is 5.98. The molecule has 17 heavy (non-hydrogen) atoms. The van der Waals surface area contributed by atoms with Crippen molar-refractivity contribution in [3.63, 3.8) is 0 Å². The molecule has 5 heteroatoms. The van der Waals surface area contributed by atoms with Crippen molar-refractivity contribution in [2.75, 3.05) is 19.6 Å². The molecule has 2 heterocycles. The summed E-state index contributed by atoms with van der Waals surface area (Å²) >= 11 is 4.12. The van der Waals surface area contributed by atoms with E-state index in [1.54, 1.807) is 11.3 Å². The molecule has 1 unspecified atom stereocenters. The third kappa shape index (κ3) is 4.22. The number of thiophene rings is 1. The Morgan fingerprint density at radius 2 is 2.47 bits per heavy atom. The maximum atomic E-state index is 11.8. The van der Waals surface area contributed by atoms with Crippen LogP contribution in [0.2, 0.25) is 0 Å². The van der Waals surface area contributed by atoms with Crippen molar-refractivity contribution in [3.05, 3.63) is 19.9 Å². The van der Waals surface area contributed by atoms with Gasteiger partial charge in [-0.1, -0.05) is 0 Å². The van der Waals surface area contributed by atoms with E-state index in [-0.39, 0.29) is 11.8 Å². The number of halogens is 1. The van der Waals surface area contributed by atoms with Crippen molar-refractivity contribution >= 4 is 39.8 Å². The lowest BCUT2D eigenvalue weighted by Gasteiger charge is -2.21.